The minimum absolute atomic E-state index is 0.305. The summed E-state index contributed by atoms with van der Waals surface area (Å²) in [6.45, 7) is 0.963. The summed E-state index contributed by atoms with van der Waals surface area (Å²) in [5.41, 5.74) is 0.902. The standard InChI is InChI=1S/C12H18N4O3/c1-15-8-5-9(14-15)4-6-13-12(19)16-7-2-3-10(16)11(17)18/h5,8,10H,2-4,6-7H2,1H3,(H,13,19)(H,17,18)/t10-/m0/s1. The molecule has 0 unspecified atom stereocenters. The topological polar surface area (TPSA) is 87.5 Å². The smallest absolute Gasteiger partial charge is 0.326 e. The molecule has 1 atom stereocenters. The fourth-order valence-electron chi connectivity index (χ4n) is 2.26. The van der Waals surface area contributed by atoms with Crippen LogP contribution in [0.3, 0.4) is 0 Å². The number of aromatic nitrogens is 2. The predicted octanol–water partition coefficient (Wildman–Crippen LogP) is 0.221. The van der Waals surface area contributed by atoms with Crippen LogP contribution in [-0.2, 0) is 18.3 Å². The molecule has 1 aliphatic heterocycles. The first kappa shape index (κ1) is 13.4. The van der Waals surface area contributed by atoms with Crippen LogP contribution in [0.25, 0.3) is 0 Å². The summed E-state index contributed by atoms with van der Waals surface area (Å²) < 4.78 is 1.71. The van der Waals surface area contributed by atoms with E-state index in [0.717, 1.165) is 12.1 Å². The van der Waals surface area contributed by atoms with Crippen LogP contribution in [0.5, 0.6) is 0 Å². The van der Waals surface area contributed by atoms with Crippen LogP contribution in [0, 0.1) is 0 Å². The number of hydrogen-bond donors (Lipinski definition) is 2. The number of aryl methyl sites for hydroxylation is 1. The quantitative estimate of drug-likeness (QED) is 0.816. The Morgan fingerprint density at radius 3 is 3.00 bits per heavy atom. The maximum atomic E-state index is 11.9. The fourth-order valence-corrected chi connectivity index (χ4v) is 2.26. The van der Waals surface area contributed by atoms with Gasteiger partial charge >= 0.3 is 12.0 Å². The van der Waals surface area contributed by atoms with Gasteiger partial charge in [0.05, 0.1) is 5.69 Å². The highest BCUT2D eigenvalue weighted by Gasteiger charge is 2.33. The molecule has 7 heteroatoms. The number of hydrogen-bond acceptors (Lipinski definition) is 3. The summed E-state index contributed by atoms with van der Waals surface area (Å²) in [6, 6.07) is 0.901. The van der Waals surface area contributed by atoms with Crippen LogP contribution >= 0.6 is 0 Å². The van der Waals surface area contributed by atoms with E-state index in [1.807, 2.05) is 19.3 Å². The summed E-state index contributed by atoms with van der Waals surface area (Å²) in [5.74, 6) is -0.933. The SMILES string of the molecule is Cn1ccc(CCNC(=O)N2CCC[C@H]2C(=O)O)n1. The second-order valence-electron chi connectivity index (χ2n) is 4.65. The largest absolute Gasteiger partial charge is 0.480 e. The van der Waals surface area contributed by atoms with Gasteiger partial charge in [0.25, 0.3) is 0 Å². The van der Waals surface area contributed by atoms with Gasteiger partial charge in [-0.25, -0.2) is 9.59 Å². The summed E-state index contributed by atoms with van der Waals surface area (Å²) in [4.78, 5) is 24.3. The number of likely N-dealkylation sites (tertiary alicyclic amines) is 1. The zero-order chi connectivity index (χ0) is 13.8. The molecule has 1 aromatic rings. The van der Waals surface area contributed by atoms with Crippen molar-refractivity contribution in [1.29, 1.82) is 0 Å². The first-order valence-electron chi connectivity index (χ1n) is 6.33. The third-order valence-electron chi connectivity index (χ3n) is 3.22. The third-order valence-corrected chi connectivity index (χ3v) is 3.22. The number of carboxylic acid groups (broad SMARTS) is 1. The molecular formula is C12H18N4O3. The van der Waals surface area contributed by atoms with E-state index in [2.05, 4.69) is 10.4 Å². The number of nitrogens with zero attached hydrogens (tertiary/aromatic N) is 3. The summed E-state index contributed by atoms with van der Waals surface area (Å²) in [6.07, 6.45) is 3.75. The van der Waals surface area contributed by atoms with Crippen molar-refractivity contribution in [1.82, 2.24) is 20.0 Å². The van der Waals surface area contributed by atoms with E-state index in [1.165, 1.54) is 4.90 Å². The molecular weight excluding hydrogens is 248 g/mol. The summed E-state index contributed by atoms with van der Waals surface area (Å²) in [7, 11) is 1.84. The van der Waals surface area contributed by atoms with Gasteiger partial charge in [0, 0.05) is 32.8 Å². The Morgan fingerprint density at radius 2 is 2.37 bits per heavy atom. The minimum atomic E-state index is -0.933. The normalized spacial score (nSPS) is 18.6. The molecule has 1 aliphatic rings. The van der Waals surface area contributed by atoms with E-state index < -0.39 is 12.0 Å². The second kappa shape index (κ2) is 5.73. The zero-order valence-electron chi connectivity index (χ0n) is 10.9. The zero-order valence-corrected chi connectivity index (χ0v) is 10.9. The molecule has 0 bridgehead atoms. The highest BCUT2D eigenvalue weighted by Crippen LogP contribution is 2.17. The van der Waals surface area contributed by atoms with Gasteiger partial charge in [-0.1, -0.05) is 0 Å². The number of carboxylic acids is 1. The molecule has 2 N–H and O–H groups in total. The van der Waals surface area contributed by atoms with Crippen LogP contribution in [0.4, 0.5) is 4.79 Å². The van der Waals surface area contributed by atoms with Crippen LogP contribution in [0.2, 0.25) is 0 Å². The van der Waals surface area contributed by atoms with Crippen molar-refractivity contribution in [3.05, 3.63) is 18.0 Å². The monoisotopic (exact) mass is 266 g/mol. The highest BCUT2D eigenvalue weighted by molar-refractivity contribution is 5.83. The van der Waals surface area contributed by atoms with Crippen molar-refractivity contribution in [2.75, 3.05) is 13.1 Å². The lowest BCUT2D eigenvalue weighted by Crippen LogP contribution is -2.46. The van der Waals surface area contributed by atoms with E-state index >= 15 is 0 Å². The van der Waals surface area contributed by atoms with Gasteiger partial charge in [-0.05, 0) is 18.9 Å². The fraction of sp³-hybridized carbons (Fsp3) is 0.583. The lowest BCUT2D eigenvalue weighted by molar-refractivity contribution is -0.141. The molecule has 1 fully saturated rings. The molecule has 0 aromatic carbocycles. The van der Waals surface area contributed by atoms with Crippen LogP contribution in [-0.4, -0.2) is 50.9 Å². The number of nitrogens with one attached hydrogen (secondary N) is 1. The van der Waals surface area contributed by atoms with E-state index in [9.17, 15) is 9.59 Å². The van der Waals surface area contributed by atoms with Gasteiger partial charge < -0.3 is 15.3 Å². The maximum Gasteiger partial charge on any atom is 0.326 e. The second-order valence-corrected chi connectivity index (χ2v) is 4.65. The van der Waals surface area contributed by atoms with Gasteiger partial charge in [0.1, 0.15) is 6.04 Å². The number of carbonyl (C=O) groups excluding carboxylic acids is 1. The summed E-state index contributed by atoms with van der Waals surface area (Å²) in [5, 5.41) is 16.0. The van der Waals surface area contributed by atoms with Crippen molar-refractivity contribution in [3.63, 3.8) is 0 Å². The lowest BCUT2D eigenvalue weighted by Gasteiger charge is -2.21. The Labute approximate surface area is 111 Å². The number of carbonyl (C=O) groups is 2. The molecule has 2 rings (SSSR count). The molecule has 0 spiro atoms. The predicted molar refractivity (Wildman–Crippen MR) is 67.7 cm³/mol. The summed E-state index contributed by atoms with van der Waals surface area (Å²) >= 11 is 0. The van der Waals surface area contributed by atoms with Crippen molar-refractivity contribution >= 4 is 12.0 Å². The van der Waals surface area contributed by atoms with Gasteiger partial charge in [0.2, 0.25) is 0 Å². The van der Waals surface area contributed by atoms with Gasteiger partial charge in [-0.15, -0.1) is 0 Å². The van der Waals surface area contributed by atoms with E-state index in [0.29, 0.717) is 25.9 Å². The van der Waals surface area contributed by atoms with Crippen molar-refractivity contribution in [2.45, 2.75) is 25.3 Å². The van der Waals surface area contributed by atoms with Gasteiger partial charge in [-0.2, -0.15) is 5.10 Å². The highest BCUT2D eigenvalue weighted by atomic mass is 16.4. The number of rotatable bonds is 4. The van der Waals surface area contributed by atoms with Crippen LogP contribution in [0.1, 0.15) is 18.5 Å². The van der Waals surface area contributed by atoms with Gasteiger partial charge in [0.15, 0.2) is 0 Å². The number of aliphatic carboxylic acids is 1. The Hall–Kier alpha value is -2.05. The molecule has 2 heterocycles. The first-order chi connectivity index (χ1) is 9.08. The number of amides is 2. The molecule has 0 aliphatic carbocycles. The van der Waals surface area contributed by atoms with Crippen molar-refractivity contribution in [3.8, 4) is 0 Å². The Kier molecular flexibility index (Phi) is 4.03. The average Bonchev–Trinajstić information content (AvgIpc) is 2.97. The molecule has 0 radical (unpaired) electrons. The Balaban J connectivity index is 1.79. The van der Waals surface area contributed by atoms with Crippen LogP contribution < -0.4 is 5.32 Å². The van der Waals surface area contributed by atoms with E-state index in [-0.39, 0.29) is 6.03 Å². The molecule has 0 saturated carbocycles. The lowest BCUT2D eigenvalue weighted by atomic mass is 10.2. The molecule has 1 saturated heterocycles. The average molecular weight is 266 g/mol. The minimum Gasteiger partial charge on any atom is -0.480 e. The Morgan fingerprint density at radius 1 is 1.58 bits per heavy atom. The van der Waals surface area contributed by atoms with Crippen molar-refractivity contribution < 1.29 is 14.7 Å². The molecule has 7 nitrogen and oxygen atoms in total. The Bertz CT molecular complexity index is 471. The number of urea groups is 1. The van der Waals surface area contributed by atoms with E-state index in [4.69, 9.17) is 5.11 Å². The molecule has 1 aromatic heterocycles. The molecule has 2 amide bonds. The first-order valence-corrected chi connectivity index (χ1v) is 6.33. The maximum absolute atomic E-state index is 11.9. The van der Waals surface area contributed by atoms with Crippen molar-refractivity contribution in [2.24, 2.45) is 7.05 Å². The third kappa shape index (κ3) is 3.24. The molecule has 19 heavy (non-hydrogen) atoms. The molecule has 104 valence electrons. The van der Waals surface area contributed by atoms with Crippen LogP contribution in [0.15, 0.2) is 12.3 Å². The van der Waals surface area contributed by atoms with E-state index in [1.54, 1.807) is 4.68 Å². The van der Waals surface area contributed by atoms with Gasteiger partial charge in [-0.3, -0.25) is 4.68 Å².